The molecule has 24 heavy (non-hydrogen) atoms. The standard InChI is InChI=1S/C19H31N3O2/c1-15-5-6-17(16(2)13-15)14-22-19(20-3)21-9-4-10-24-18-7-11-23-12-8-18/h5-6,13,18H,4,7-12,14H2,1-3H3,(H2,20,21,22). The van der Waals surface area contributed by atoms with Crippen molar-refractivity contribution in [3.8, 4) is 0 Å². The number of aryl methyl sites for hydroxylation is 2. The molecule has 1 heterocycles. The number of nitrogens with one attached hydrogen (secondary N) is 2. The lowest BCUT2D eigenvalue weighted by Gasteiger charge is -2.22. The van der Waals surface area contributed by atoms with E-state index in [1.807, 2.05) is 0 Å². The fourth-order valence-corrected chi connectivity index (χ4v) is 2.82. The highest BCUT2D eigenvalue weighted by Crippen LogP contribution is 2.11. The Morgan fingerprint density at radius 1 is 1.25 bits per heavy atom. The maximum atomic E-state index is 5.87. The Kier molecular flexibility index (Phi) is 8.05. The second-order valence-corrected chi connectivity index (χ2v) is 6.32. The van der Waals surface area contributed by atoms with Gasteiger partial charge in [-0.25, -0.2) is 0 Å². The normalized spacial score (nSPS) is 16.2. The third-order valence-electron chi connectivity index (χ3n) is 4.30. The number of hydrogen-bond acceptors (Lipinski definition) is 3. The lowest BCUT2D eigenvalue weighted by molar-refractivity contribution is -0.0320. The van der Waals surface area contributed by atoms with Crippen molar-refractivity contribution in [2.75, 3.05) is 33.4 Å². The van der Waals surface area contributed by atoms with E-state index >= 15 is 0 Å². The second-order valence-electron chi connectivity index (χ2n) is 6.32. The molecule has 5 nitrogen and oxygen atoms in total. The lowest BCUT2D eigenvalue weighted by Crippen LogP contribution is -2.37. The van der Waals surface area contributed by atoms with Crippen LogP contribution in [0.3, 0.4) is 0 Å². The van der Waals surface area contributed by atoms with Crippen LogP contribution >= 0.6 is 0 Å². The van der Waals surface area contributed by atoms with E-state index in [2.05, 4.69) is 47.7 Å². The topological polar surface area (TPSA) is 54.9 Å². The second kappa shape index (κ2) is 10.3. The molecule has 0 atom stereocenters. The summed E-state index contributed by atoms with van der Waals surface area (Å²) >= 11 is 0. The summed E-state index contributed by atoms with van der Waals surface area (Å²) in [6.45, 7) is 8.35. The number of ether oxygens (including phenoxy) is 2. The van der Waals surface area contributed by atoms with Crippen molar-refractivity contribution in [2.45, 2.75) is 45.8 Å². The summed E-state index contributed by atoms with van der Waals surface area (Å²) in [7, 11) is 1.80. The van der Waals surface area contributed by atoms with Crippen LogP contribution in [0.5, 0.6) is 0 Å². The summed E-state index contributed by atoms with van der Waals surface area (Å²) < 4.78 is 11.2. The maximum Gasteiger partial charge on any atom is 0.191 e. The first-order chi connectivity index (χ1) is 11.7. The molecule has 2 N–H and O–H groups in total. The van der Waals surface area contributed by atoms with Crippen LogP contribution in [-0.4, -0.2) is 45.5 Å². The number of benzene rings is 1. The summed E-state index contributed by atoms with van der Waals surface area (Å²) in [4.78, 5) is 4.27. The zero-order valence-electron chi connectivity index (χ0n) is 15.2. The van der Waals surface area contributed by atoms with Gasteiger partial charge in [-0.2, -0.15) is 0 Å². The zero-order valence-corrected chi connectivity index (χ0v) is 15.2. The fraction of sp³-hybridized carbons (Fsp3) is 0.632. The number of nitrogens with zero attached hydrogens (tertiary/aromatic N) is 1. The molecular weight excluding hydrogens is 302 g/mol. The zero-order chi connectivity index (χ0) is 17.2. The van der Waals surface area contributed by atoms with Crippen molar-refractivity contribution < 1.29 is 9.47 Å². The predicted molar refractivity (Wildman–Crippen MR) is 98.5 cm³/mol. The van der Waals surface area contributed by atoms with Crippen LogP contribution < -0.4 is 10.6 Å². The molecule has 134 valence electrons. The Labute approximate surface area is 145 Å². The van der Waals surface area contributed by atoms with Crippen LogP contribution in [0.15, 0.2) is 23.2 Å². The van der Waals surface area contributed by atoms with Gasteiger partial charge in [-0.1, -0.05) is 23.8 Å². The van der Waals surface area contributed by atoms with Crippen molar-refractivity contribution in [3.63, 3.8) is 0 Å². The summed E-state index contributed by atoms with van der Waals surface area (Å²) in [5, 5.41) is 6.71. The lowest BCUT2D eigenvalue weighted by atomic mass is 10.1. The van der Waals surface area contributed by atoms with Crippen LogP contribution in [0, 0.1) is 13.8 Å². The van der Waals surface area contributed by atoms with Gasteiger partial charge in [0.25, 0.3) is 0 Å². The van der Waals surface area contributed by atoms with Gasteiger partial charge in [0.1, 0.15) is 0 Å². The van der Waals surface area contributed by atoms with Crippen molar-refractivity contribution in [1.29, 1.82) is 0 Å². The van der Waals surface area contributed by atoms with Crippen LogP contribution in [-0.2, 0) is 16.0 Å². The van der Waals surface area contributed by atoms with Gasteiger partial charge in [-0.05, 0) is 44.2 Å². The summed E-state index contributed by atoms with van der Waals surface area (Å²) in [6, 6.07) is 6.53. The average Bonchev–Trinajstić information content (AvgIpc) is 2.59. The van der Waals surface area contributed by atoms with E-state index in [9.17, 15) is 0 Å². The number of hydrogen-bond donors (Lipinski definition) is 2. The van der Waals surface area contributed by atoms with E-state index in [0.29, 0.717) is 6.10 Å². The molecule has 1 aromatic rings. The Morgan fingerprint density at radius 2 is 2.04 bits per heavy atom. The fourth-order valence-electron chi connectivity index (χ4n) is 2.82. The Hall–Kier alpha value is -1.59. The van der Waals surface area contributed by atoms with Crippen molar-refractivity contribution in [2.24, 2.45) is 4.99 Å². The number of aliphatic imine (C=N–C) groups is 1. The van der Waals surface area contributed by atoms with E-state index in [0.717, 1.165) is 58.1 Å². The molecule has 0 bridgehead atoms. The first-order valence-electron chi connectivity index (χ1n) is 8.89. The van der Waals surface area contributed by atoms with E-state index in [4.69, 9.17) is 9.47 Å². The molecule has 1 saturated heterocycles. The maximum absolute atomic E-state index is 5.87. The molecule has 1 aromatic carbocycles. The molecule has 0 radical (unpaired) electrons. The quantitative estimate of drug-likeness (QED) is 0.457. The van der Waals surface area contributed by atoms with Gasteiger partial charge >= 0.3 is 0 Å². The highest BCUT2D eigenvalue weighted by Gasteiger charge is 2.13. The molecule has 0 spiro atoms. The number of rotatable bonds is 7. The van der Waals surface area contributed by atoms with E-state index in [1.54, 1.807) is 7.05 Å². The van der Waals surface area contributed by atoms with Gasteiger partial charge < -0.3 is 20.1 Å². The third-order valence-corrected chi connectivity index (χ3v) is 4.30. The molecule has 1 fully saturated rings. The van der Waals surface area contributed by atoms with Gasteiger partial charge in [0.15, 0.2) is 5.96 Å². The minimum atomic E-state index is 0.376. The minimum absolute atomic E-state index is 0.376. The molecule has 0 aromatic heterocycles. The molecule has 5 heteroatoms. The SMILES string of the molecule is CN=C(NCCCOC1CCOCC1)NCc1ccc(C)cc1C. The molecule has 1 aliphatic heterocycles. The van der Waals surface area contributed by atoms with Gasteiger partial charge in [0.2, 0.25) is 0 Å². The Morgan fingerprint density at radius 3 is 2.75 bits per heavy atom. The highest BCUT2D eigenvalue weighted by molar-refractivity contribution is 5.79. The molecule has 0 aliphatic carbocycles. The van der Waals surface area contributed by atoms with Crippen molar-refractivity contribution in [3.05, 3.63) is 34.9 Å². The first kappa shape index (κ1) is 18.7. The summed E-state index contributed by atoms with van der Waals surface area (Å²) in [5.41, 5.74) is 3.90. The van der Waals surface area contributed by atoms with Gasteiger partial charge in [-0.15, -0.1) is 0 Å². The van der Waals surface area contributed by atoms with E-state index in [1.165, 1.54) is 16.7 Å². The van der Waals surface area contributed by atoms with Crippen molar-refractivity contribution in [1.82, 2.24) is 10.6 Å². The van der Waals surface area contributed by atoms with Gasteiger partial charge in [-0.3, -0.25) is 4.99 Å². The van der Waals surface area contributed by atoms with Gasteiger partial charge in [0.05, 0.1) is 6.10 Å². The van der Waals surface area contributed by atoms with Crippen molar-refractivity contribution >= 4 is 5.96 Å². The van der Waals surface area contributed by atoms with Crippen LogP contribution in [0.1, 0.15) is 36.0 Å². The summed E-state index contributed by atoms with van der Waals surface area (Å²) in [5.74, 6) is 0.834. The Balaban J connectivity index is 1.61. The molecule has 0 amide bonds. The first-order valence-corrected chi connectivity index (χ1v) is 8.89. The smallest absolute Gasteiger partial charge is 0.191 e. The Bertz CT molecular complexity index is 525. The summed E-state index contributed by atoms with van der Waals surface area (Å²) in [6.07, 6.45) is 3.39. The minimum Gasteiger partial charge on any atom is -0.381 e. The van der Waals surface area contributed by atoms with Crippen LogP contribution in [0.25, 0.3) is 0 Å². The van der Waals surface area contributed by atoms with E-state index in [-0.39, 0.29) is 0 Å². The predicted octanol–water partition coefficient (Wildman–Crippen LogP) is 2.55. The largest absolute Gasteiger partial charge is 0.381 e. The molecule has 2 rings (SSSR count). The van der Waals surface area contributed by atoms with Crippen LogP contribution in [0.4, 0.5) is 0 Å². The highest BCUT2D eigenvalue weighted by atomic mass is 16.5. The average molecular weight is 333 g/mol. The number of guanidine groups is 1. The molecule has 0 unspecified atom stereocenters. The van der Waals surface area contributed by atoms with E-state index < -0.39 is 0 Å². The monoisotopic (exact) mass is 333 g/mol. The molecular formula is C19H31N3O2. The molecule has 1 aliphatic rings. The molecule has 0 saturated carbocycles. The third kappa shape index (κ3) is 6.49. The van der Waals surface area contributed by atoms with Crippen LogP contribution in [0.2, 0.25) is 0 Å². The van der Waals surface area contributed by atoms with Gasteiger partial charge in [0, 0.05) is 40.0 Å².